The molecule has 16 heavy (non-hydrogen) atoms. The third-order valence-electron chi connectivity index (χ3n) is 1.75. The monoisotopic (exact) mass is 220 g/mol. The molecule has 1 rings (SSSR count). The highest BCUT2D eigenvalue weighted by molar-refractivity contribution is 5.93. The Balaban J connectivity index is 2.72. The Morgan fingerprint density at radius 3 is 3.06 bits per heavy atom. The molecule has 4 nitrogen and oxygen atoms in total. The summed E-state index contributed by atoms with van der Waals surface area (Å²) in [6.07, 6.45) is 8.11. The van der Waals surface area contributed by atoms with Crippen molar-refractivity contribution in [3.8, 4) is 12.3 Å². The van der Waals surface area contributed by atoms with Crippen molar-refractivity contribution >= 4 is 12.0 Å². The highest BCUT2D eigenvalue weighted by Crippen LogP contribution is 2.09. The van der Waals surface area contributed by atoms with Crippen molar-refractivity contribution in [3.63, 3.8) is 0 Å². The van der Waals surface area contributed by atoms with Gasteiger partial charge in [-0.25, -0.2) is 4.79 Å². The Bertz CT molecular complexity index is 395. The number of hydrogen-bond donors (Lipinski definition) is 0. The topological polar surface area (TPSA) is 48.7 Å². The fourth-order valence-corrected chi connectivity index (χ4v) is 1.06. The van der Waals surface area contributed by atoms with Gasteiger partial charge in [-0.1, -0.05) is 5.92 Å². The number of furan rings is 1. The molecule has 1 heterocycles. The van der Waals surface area contributed by atoms with E-state index >= 15 is 0 Å². The Morgan fingerprint density at radius 1 is 1.69 bits per heavy atom. The lowest BCUT2D eigenvalue weighted by atomic mass is 10.2. The molecular weight excluding hydrogens is 208 g/mol. The van der Waals surface area contributed by atoms with E-state index in [1.165, 1.54) is 13.4 Å². The first-order valence-corrected chi connectivity index (χ1v) is 4.61. The Kier molecular flexibility index (Phi) is 4.90. The summed E-state index contributed by atoms with van der Waals surface area (Å²) in [4.78, 5) is 11.4. The molecule has 0 saturated heterocycles. The fourth-order valence-electron chi connectivity index (χ4n) is 1.06. The van der Waals surface area contributed by atoms with Crippen LogP contribution in [-0.4, -0.2) is 26.3 Å². The van der Waals surface area contributed by atoms with Crippen molar-refractivity contribution in [2.45, 2.75) is 0 Å². The van der Waals surface area contributed by atoms with E-state index in [9.17, 15) is 4.79 Å². The molecule has 1 aromatic heterocycles. The first kappa shape index (κ1) is 12.1. The maximum Gasteiger partial charge on any atom is 0.336 e. The minimum atomic E-state index is -0.464. The van der Waals surface area contributed by atoms with Gasteiger partial charge in [-0.15, -0.1) is 6.42 Å². The molecule has 0 aliphatic rings. The standard InChI is InChI=1S/C12H12O4/c1-3-6-15-9-10(12(13)14-2)8-11-5-4-7-16-11/h1,4-5,7-8H,6,9H2,2H3/b10-8+. The molecule has 0 fully saturated rings. The lowest BCUT2D eigenvalue weighted by Gasteiger charge is -2.04. The van der Waals surface area contributed by atoms with Crippen LogP contribution in [0.15, 0.2) is 28.4 Å². The van der Waals surface area contributed by atoms with Crippen LogP contribution < -0.4 is 0 Å². The van der Waals surface area contributed by atoms with E-state index in [2.05, 4.69) is 10.7 Å². The van der Waals surface area contributed by atoms with Gasteiger partial charge < -0.3 is 13.9 Å². The molecule has 0 saturated carbocycles. The third-order valence-corrected chi connectivity index (χ3v) is 1.75. The van der Waals surface area contributed by atoms with Crippen molar-refractivity contribution < 1.29 is 18.7 Å². The zero-order valence-electron chi connectivity index (χ0n) is 8.93. The van der Waals surface area contributed by atoms with Gasteiger partial charge in [0.25, 0.3) is 0 Å². The van der Waals surface area contributed by atoms with Crippen LogP contribution in [0.2, 0.25) is 0 Å². The first-order valence-electron chi connectivity index (χ1n) is 4.61. The zero-order valence-corrected chi connectivity index (χ0v) is 8.93. The van der Waals surface area contributed by atoms with Gasteiger partial charge in [0, 0.05) is 0 Å². The predicted octanol–water partition coefficient (Wildman–Crippen LogP) is 1.49. The molecule has 0 spiro atoms. The quantitative estimate of drug-likeness (QED) is 0.326. The lowest BCUT2D eigenvalue weighted by molar-refractivity contribution is -0.136. The van der Waals surface area contributed by atoms with E-state index in [4.69, 9.17) is 15.6 Å². The highest BCUT2D eigenvalue weighted by atomic mass is 16.5. The van der Waals surface area contributed by atoms with Crippen LogP contribution in [0.5, 0.6) is 0 Å². The van der Waals surface area contributed by atoms with Crippen molar-refractivity contribution in [1.82, 2.24) is 0 Å². The van der Waals surface area contributed by atoms with E-state index < -0.39 is 5.97 Å². The second-order valence-corrected chi connectivity index (χ2v) is 2.87. The van der Waals surface area contributed by atoms with Gasteiger partial charge in [0.2, 0.25) is 0 Å². The number of carbonyl (C=O) groups is 1. The van der Waals surface area contributed by atoms with Crippen LogP contribution in [0.4, 0.5) is 0 Å². The fraction of sp³-hybridized carbons (Fsp3) is 0.250. The van der Waals surface area contributed by atoms with E-state index in [0.717, 1.165) is 0 Å². The molecule has 0 aromatic carbocycles. The van der Waals surface area contributed by atoms with Gasteiger partial charge in [-0.2, -0.15) is 0 Å². The molecule has 0 N–H and O–H groups in total. The second-order valence-electron chi connectivity index (χ2n) is 2.87. The minimum absolute atomic E-state index is 0.0948. The SMILES string of the molecule is C#CCOC/C(=C\c1ccco1)C(=O)OC. The van der Waals surface area contributed by atoms with Crippen LogP contribution >= 0.6 is 0 Å². The zero-order chi connectivity index (χ0) is 11.8. The Labute approximate surface area is 93.8 Å². The normalized spacial score (nSPS) is 10.9. The Hall–Kier alpha value is -1.99. The number of ether oxygens (including phenoxy) is 2. The second kappa shape index (κ2) is 6.49. The maximum atomic E-state index is 11.4. The van der Waals surface area contributed by atoms with Crippen LogP contribution in [0.1, 0.15) is 5.76 Å². The van der Waals surface area contributed by atoms with Gasteiger partial charge in [0.1, 0.15) is 12.4 Å². The smallest absolute Gasteiger partial charge is 0.336 e. The van der Waals surface area contributed by atoms with Gasteiger partial charge in [0.05, 0.1) is 25.6 Å². The minimum Gasteiger partial charge on any atom is -0.466 e. The van der Waals surface area contributed by atoms with Crippen LogP contribution in [-0.2, 0) is 14.3 Å². The van der Waals surface area contributed by atoms with Gasteiger partial charge in [0.15, 0.2) is 0 Å². The molecular formula is C12H12O4. The summed E-state index contributed by atoms with van der Waals surface area (Å²) in [5, 5.41) is 0. The summed E-state index contributed by atoms with van der Waals surface area (Å²) in [5.41, 5.74) is 0.354. The lowest BCUT2D eigenvalue weighted by Crippen LogP contribution is -2.10. The maximum absolute atomic E-state index is 11.4. The summed E-state index contributed by atoms with van der Waals surface area (Å²) in [6, 6.07) is 3.45. The highest BCUT2D eigenvalue weighted by Gasteiger charge is 2.10. The summed E-state index contributed by atoms with van der Waals surface area (Å²) < 4.78 is 14.8. The van der Waals surface area contributed by atoms with E-state index in [1.807, 2.05) is 0 Å². The van der Waals surface area contributed by atoms with Crippen molar-refractivity contribution in [1.29, 1.82) is 0 Å². The van der Waals surface area contributed by atoms with Crippen LogP contribution in [0, 0.1) is 12.3 Å². The summed E-state index contributed by atoms with van der Waals surface area (Å²) >= 11 is 0. The summed E-state index contributed by atoms with van der Waals surface area (Å²) in [6.45, 7) is 0.240. The summed E-state index contributed by atoms with van der Waals surface area (Å²) in [7, 11) is 1.31. The molecule has 0 atom stereocenters. The molecule has 4 heteroatoms. The van der Waals surface area contributed by atoms with Crippen LogP contribution in [0.3, 0.4) is 0 Å². The molecule has 0 bridgehead atoms. The predicted molar refractivity (Wildman–Crippen MR) is 58.4 cm³/mol. The average Bonchev–Trinajstić information content (AvgIpc) is 2.80. The van der Waals surface area contributed by atoms with Gasteiger partial charge >= 0.3 is 5.97 Å². The molecule has 1 aromatic rings. The van der Waals surface area contributed by atoms with Crippen LogP contribution in [0.25, 0.3) is 6.08 Å². The number of carbonyl (C=O) groups excluding carboxylic acids is 1. The van der Waals surface area contributed by atoms with E-state index in [0.29, 0.717) is 11.3 Å². The van der Waals surface area contributed by atoms with Crippen molar-refractivity contribution in [2.24, 2.45) is 0 Å². The molecule has 84 valence electrons. The van der Waals surface area contributed by atoms with Crippen molar-refractivity contribution in [2.75, 3.05) is 20.3 Å². The molecule has 0 unspecified atom stereocenters. The molecule has 0 aliphatic heterocycles. The number of hydrogen-bond acceptors (Lipinski definition) is 4. The molecule has 0 radical (unpaired) electrons. The first-order chi connectivity index (χ1) is 7.77. The van der Waals surface area contributed by atoms with E-state index in [-0.39, 0.29) is 13.2 Å². The number of esters is 1. The van der Waals surface area contributed by atoms with Crippen molar-refractivity contribution in [3.05, 3.63) is 29.7 Å². The Morgan fingerprint density at radius 2 is 2.50 bits per heavy atom. The summed E-state index contributed by atoms with van der Waals surface area (Å²) in [5.74, 6) is 2.41. The average molecular weight is 220 g/mol. The van der Waals surface area contributed by atoms with E-state index in [1.54, 1.807) is 18.2 Å². The number of terminal acetylenes is 1. The van der Waals surface area contributed by atoms with Gasteiger partial charge in [-0.05, 0) is 18.2 Å². The third kappa shape index (κ3) is 3.64. The number of methoxy groups -OCH3 is 1. The largest absolute Gasteiger partial charge is 0.466 e. The number of rotatable bonds is 5. The molecule has 0 amide bonds. The van der Waals surface area contributed by atoms with Gasteiger partial charge in [-0.3, -0.25) is 0 Å². The molecule has 0 aliphatic carbocycles.